The summed E-state index contributed by atoms with van der Waals surface area (Å²) in [6.45, 7) is 4.06. The van der Waals surface area contributed by atoms with Crippen molar-refractivity contribution < 1.29 is 14.7 Å². The zero-order valence-corrected chi connectivity index (χ0v) is 17.0. The quantitative estimate of drug-likeness (QED) is 0.232. The Morgan fingerprint density at radius 3 is 2.23 bits per heavy atom. The molecule has 30 heavy (non-hydrogen) atoms. The molecule has 5 aromatic rings. The summed E-state index contributed by atoms with van der Waals surface area (Å²) in [5.74, 6) is 1.54. The second-order valence-electron chi connectivity index (χ2n) is 7.13. The fourth-order valence-electron chi connectivity index (χ4n) is 3.63. The van der Waals surface area contributed by atoms with E-state index in [0.29, 0.717) is 5.75 Å². The Kier molecular flexibility index (Phi) is 5.70. The number of hydrogen-bond donors (Lipinski definition) is 3. The van der Waals surface area contributed by atoms with Gasteiger partial charge in [0, 0.05) is 18.0 Å². The van der Waals surface area contributed by atoms with Crippen LogP contribution in [0.5, 0.6) is 5.75 Å². The normalized spacial score (nSPS) is 10.8. The Bertz CT molecular complexity index is 1310. The standard InChI is InChI=1S/C18H13BO3.C6H10N2/c20-19(21)22-17-7-3-6-12-8-9-15-10-13-4-1-2-5-14(13)11-16(15)18(12)17;1-3-6-7-4-5(2)8-6/h1-11,20-21H;4H,3H2,1-2H3,(H,7,8). The van der Waals surface area contributed by atoms with Crippen molar-refractivity contribution in [3.63, 3.8) is 0 Å². The van der Waals surface area contributed by atoms with Crippen LogP contribution in [0.3, 0.4) is 0 Å². The highest BCUT2D eigenvalue weighted by atomic mass is 16.6. The van der Waals surface area contributed by atoms with E-state index >= 15 is 0 Å². The lowest BCUT2D eigenvalue weighted by molar-refractivity contribution is 0.289. The van der Waals surface area contributed by atoms with Gasteiger partial charge in [-0.25, -0.2) is 4.98 Å². The third-order valence-electron chi connectivity index (χ3n) is 5.01. The minimum Gasteiger partial charge on any atom is -0.511 e. The number of hydrogen-bond acceptors (Lipinski definition) is 4. The Balaban J connectivity index is 0.000000230. The number of nitrogens with one attached hydrogen (secondary N) is 1. The van der Waals surface area contributed by atoms with Crippen LogP contribution in [0.15, 0.2) is 72.9 Å². The molecule has 6 heteroatoms. The molecule has 4 aromatic carbocycles. The molecular weight excluding hydrogens is 375 g/mol. The Morgan fingerprint density at radius 1 is 0.900 bits per heavy atom. The lowest BCUT2D eigenvalue weighted by atomic mass is 9.97. The number of benzene rings is 4. The molecule has 0 radical (unpaired) electrons. The third-order valence-corrected chi connectivity index (χ3v) is 5.01. The summed E-state index contributed by atoms with van der Waals surface area (Å²) in [7, 11) is -1.83. The van der Waals surface area contributed by atoms with Crippen LogP contribution in [0.1, 0.15) is 18.4 Å². The molecule has 1 heterocycles. The van der Waals surface area contributed by atoms with Crippen molar-refractivity contribution in [3.05, 3.63) is 84.4 Å². The molecule has 0 atom stereocenters. The van der Waals surface area contributed by atoms with E-state index in [-0.39, 0.29) is 0 Å². The lowest BCUT2D eigenvalue weighted by Gasteiger charge is -2.12. The molecule has 150 valence electrons. The number of aryl methyl sites for hydroxylation is 2. The average molecular weight is 398 g/mol. The Morgan fingerprint density at radius 2 is 1.60 bits per heavy atom. The summed E-state index contributed by atoms with van der Waals surface area (Å²) < 4.78 is 5.16. The topological polar surface area (TPSA) is 78.4 Å². The third kappa shape index (κ3) is 4.15. The summed E-state index contributed by atoms with van der Waals surface area (Å²) in [6, 6.07) is 22.1. The van der Waals surface area contributed by atoms with E-state index in [9.17, 15) is 0 Å². The molecule has 0 aliphatic heterocycles. The van der Waals surface area contributed by atoms with Gasteiger partial charge in [-0.05, 0) is 52.1 Å². The molecule has 0 unspecified atom stereocenters. The number of rotatable bonds is 3. The maximum atomic E-state index is 9.14. The van der Waals surface area contributed by atoms with E-state index in [4.69, 9.17) is 14.7 Å². The van der Waals surface area contributed by atoms with Crippen LogP contribution in [0, 0.1) is 6.92 Å². The molecule has 5 rings (SSSR count). The van der Waals surface area contributed by atoms with Crippen molar-refractivity contribution in [2.24, 2.45) is 0 Å². The number of imidazole rings is 1. The Labute approximate surface area is 175 Å². The summed E-state index contributed by atoms with van der Waals surface area (Å²) in [4.78, 5) is 7.22. The fraction of sp³-hybridized carbons (Fsp3) is 0.125. The minimum atomic E-state index is -1.83. The number of H-pyrrole nitrogens is 1. The van der Waals surface area contributed by atoms with E-state index in [1.165, 1.54) is 5.39 Å². The number of nitrogens with zero attached hydrogens (tertiary/aromatic N) is 1. The van der Waals surface area contributed by atoms with Crippen molar-refractivity contribution in [1.29, 1.82) is 0 Å². The van der Waals surface area contributed by atoms with E-state index in [1.54, 1.807) is 6.07 Å². The van der Waals surface area contributed by atoms with Crippen LogP contribution in [0.25, 0.3) is 32.3 Å². The average Bonchev–Trinajstić information content (AvgIpc) is 3.18. The number of aromatic nitrogens is 2. The monoisotopic (exact) mass is 398 g/mol. The maximum Gasteiger partial charge on any atom is 0.707 e. The van der Waals surface area contributed by atoms with Gasteiger partial charge in [-0.3, -0.25) is 0 Å². The SMILES string of the molecule is CCc1nc(C)c[nH]1.OB(O)Oc1cccc2ccc3cc4ccccc4cc3c12. The second kappa shape index (κ2) is 8.57. The van der Waals surface area contributed by atoms with Crippen LogP contribution >= 0.6 is 0 Å². The van der Waals surface area contributed by atoms with Gasteiger partial charge in [0.2, 0.25) is 0 Å². The first-order valence-corrected chi connectivity index (χ1v) is 9.93. The molecule has 0 aliphatic carbocycles. The van der Waals surface area contributed by atoms with Gasteiger partial charge in [-0.2, -0.15) is 0 Å². The minimum absolute atomic E-state index is 0.466. The van der Waals surface area contributed by atoms with Crippen molar-refractivity contribution in [1.82, 2.24) is 9.97 Å². The lowest BCUT2D eigenvalue weighted by Crippen LogP contribution is -2.20. The van der Waals surface area contributed by atoms with E-state index < -0.39 is 7.32 Å². The predicted octanol–water partition coefficient (Wildman–Crippen LogP) is 4.78. The van der Waals surface area contributed by atoms with Gasteiger partial charge in [-0.15, -0.1) is 0 Å². The molecular formula is C24H23BN2O3. The molecule has 0 amide bonds. The second-order valence-corrected chi connectivity index (χ2v) is 7.13. The highest BCUT2D eigenvalue weighted by Crippen LogP contribution is 2.35. The van der Waals surface area contributed by atoms with Crippen LogP contribution in [0.2, 0.25) is 0 Å². The predicted molar refractivity (Wildman–Crippen MR) is 122 cm³/mol. The maximum absolute atomic E-state index is 9.14. The van der Waals surface area contributed by atoms with Gasteiger partial charge in [0.15, 0.2) is 0 Å². The smallest absolute Gasteiger partial charge is 0.511 e. The summed E-state index contributed by atoms with van der Waals surface area (Å²) in [5, 5.41) is 24.6. The van der Waals surface area contributed by atoms with Gasteiger partial charge in [0.05, 0.1) is 5.69 Å². The first-order valence-electron chi connectivity index (χ1n) is 9.93. The summed E-state index contributed by atoms with van der Waals surface area (Å²) in [5.41, 5.74) is 1.07. The molecule has 0 saturated heterocycles. The van der Waals surface area contributed by atoms with Crippen LogP contribution in [-0.4, -0.2) is 27.3 Å². The molecule has 0 bridgehead atoms. The zero-order valence-electron chi connectivity index (χ0n) is 17.0. The molecule has 0 aliphatic rings. The molecule has 0 saturated carbocycles. The first-order chi connectivity index (χ1) is 14.5. The van der Waals surface area contributed by atoms with Crippen molar-refractivity contribution in [2.45, 2.75) is 20.3 Å². The van der Waals surface area contributed by atoms with E-state index in [2.05, 4.69) is 47.2 Å². The highest BCUT2D eigenvalue weighted by Gasteiger charge is 2.15. The molecule has 5 nitrogen and oxygen atoms in total. The van der Waals surface area contributed by atoms with Crippen LogP contribution in [0.4, 0.5) is 0 Å². The number of aromatic amines is 1. The van der Waals surface area contributed by atoms with Gasteiger partial charge in [0.25, 0.3) is 0 Å². The van der Waals surface area contributed by atoms with Gasteiger partial charge in [0.1, 0.15) is 11.6 Å². The van der Waals surface area contributed by atoms with E-state index in [1.807, 2.05) is 43.5 Å². The number of fused-ring (bicyclic) bond motifs is 4. The van der Waals surface area contributed by atoms with Gasteiger partial charge < -0.3 is 19.7 Å². The zero-order chi connectivity index (χ0) is 21.1. The summed E-state index contributed by atoms with van der Waals surface area (Å²) >= 11 is 0. The van der Waals surface area contributed by atoms with E-state index in [0.717, 1.165) is 44.9 Å². The van der Waals surface area contributed by atoms with Crippen molar-refractivity contribution in [3.8, 4) is 5.75 Å². The van der Waals surface area contributed by atoms with Crippen molar-refractivity contribution in [2.75, 3.05) is 0 Å². The summed E-state index contributed by atoms with van der Waals surface area (Å²) in [6.07, 6.45) is 2.91. The fourth-order valence-corrected chi connectivity index (χ4v) is 3.63. The molecule has 1 aromatic heterocycles. The molecule has 3 N–H and O–H groups in total. The van der Waals surface area contributed by atoms with Gasteiger partial charge in [-0.1, -0.05) is 55.5 Å². The molecule has 0 fully saturated rings. The highest BCUT2D eigenvalue weighted by molar-refractivity contribution is 6.34. The van der Waals surface area contributed by atoms with Crippen molar-refractivity contribution >= 4 is 39.6 Å². The molecule has 0 spiro atoms. The largest absolute Gasteiger partial charge is 0.707 e. The van der Waals surface area contributed by atoms with Crippen LogP contribution < -0.4 is 4.65 Å². The first kappa shape index (κ1) is 19.9. The van der Waals surface area contributed by atoms with Crippen LogP contribution in [-0.2, 0) is 6.42 Å². The Hall–Kier alpha value is -3.35. The van der Waals surface area contributed by atoms with Gasteiger partial charge >= 0.3 is 7.32 Å².